The molecule has 1 fully saturated rings. The topological polar surface area (TPSA) is 105 Å². The molecular formula is C20H23N3O5S. The first-order valence-electron chi connectivity index (χ1n) is 9.24. The van der Waals surface area contributed by atoms with E-state index in [-0.39, 0.29) is 23.4 Å². The number of ether oxygens (including phenoxy) is 1. The molecule has 0 aliphatic carbocycles. The SMILES string of the molecule is CC(=O)Nc1ccc(-c2ccc(S(=O)(=O)NCCCN3CCOC3=O)cc2)cc1. The molecule has 2 aromatic carbocycles. The van der Waals surface area contributed by atoms with Gasteiger partial charge in [0.15, 0.2) is 0 Å². The van der Waals surface area contributed by atoms with Gasteiger partial charge in [0.25, 0.3) is 0 Å². The molecule has 1 aliphatic rings. The predicted octanol–water partition coefficient (Wildman–Crippen LogP) is 2.43. The zero-order valence-electron chi connectivity index (χ0n) is 16.1. The third-order valence-electron chi connectivity index (χ3n) is 4.45. The van der Waals surface area contributed by atoms with Gasteiger partial charge in [-0.2, -0.15) is 0 Å². The number of amides is 2. The lowest BCUT2D eigenvalue weighted by Gasteiger charge is -2.13. The molecule has 0 aromatic heterocycles. The minimum absolute atomic E-state index is 0.139. The fourth-order valence-electron chi connectivity index (χ4n) is 2.96. The number of hydrogen-bond acceptors (Lipinski definition) is 5. The lowest BCUT2D eigenvalue weighted by Crippen LogP contribution is -2.30. The summed E-state index contributed by atoms with van der Waals surface area (Å²) in [5.74, 6) is -0.139. The van der Waals surface area contributed by atoms with E-state index >= 15 is 0 Å². The lowest BCUT2D eigenvalue weighted by molar-refractivity contribution is -0.114. The first kappa shape index (κ1) is 20.8. The summed E-state index contributed by atoms with van der Waals surface area (Å²) in [5.41, 5.74) is 2.48. The Kier molecular flexibility index (Phi) is 6.50. The second-order valence-corrected chi connectivity index (χ2v) is 8.40. The highest BCUT2D eigenvalue weighted by Gasteiger charge is 2.21. The van der Waals surface area contributed by atoms with Crippen LogP contribution in [0.15, 0.2) is 53.4 Å². The van der Waals surface area contributed by atoms with Gasteiger partial charge in [-0.3, -0.25) is 4.79 Å². The third-order valence-corrected chi connectivity index (χ3v) is 5.92. The summed E-state index contributed by atoms with van der Waals surface area (Å²) < 4.78 is 32.2. The van der Waals surface area contributed by atoms with Gasteiger partial charge in [0.05, 0.1) is 11.4 Å². The van der Waals surface area contributed by atoms with E-state index in [1.165, 1.54) is 6.92 Å². The maximum atomic E-state index is 12.4. The number of carbonyl (C=O) groups excluding carboxylic acids is 2. The Bertz CT molecular complexity index is 972. The van der Waals surface area contributed by atoms with Gasteiger partial charge in [-0.15, -0.1) is 0 Å². The highest BCUT2D eigenvalue weighted by atomic mass is 32.2. The van der Waals surface area contributed by atoms with Crippen LogP contribution in [-0.2, 0) is 19.6 Å². The van der Waals surface area contributed by atoms with Crippen molar-refractivity contribution in [2.45, 2.75) is 18.2 Å². The number of nitrogens with one attached hydrogen (secondary N) is 2. The Hall–Kier alpha value is -2.91. The first-order chi connectivity index (χ1) is 13.8. The Morgan fingerprint density at radius 3 is 2.24 bits per heavy atom. The van der Waals surface area contributed by atoms with Crippen LogP contribution in [0.5, 0.6) is 0 Å². The average molecular weight is 417 g/mol. The molecule has 2 N–H and O–H groups in total. The molecule has 2 amide bonds. The van der Waals surface area contributed by atoms with Crippen LogP contribution in [0.25, 0.3) is 11.1 Å². The number of sulfonamides is 1. The largest absolute Gasteiger partial charge is 0.448 e. The number of carbonyl (C=O) groups is 2. The van der Waals surface area contributed by atoms with Gasteiger partial charge in [-0.05, 0) is 41.8 Å². The molecule has 9 heteroatoms. The van der Waals surface area contributed by atoms with Gasteiger partial charge in [0, 0.05) is 25.7 Å². The zero-order valence-corrected chi connectivity index (χ0v) is 16.9. The first-order valence-corrected chi connectivity index (χ1v) is 10.7. The molecule has 2 aromatic rings. The minimum atomic E-state index is -3.62. The second-order valence-electron chi connectivity index (χ2n) is 6.64. The molecule has 1 aliphatic heterocycles. The molecule has 0 bridgehead atoms. The van der Waals surface area contributed by atoms with Crippen molar-refractivity contribution >= 4 is 27.7 Å². The van der Waals surface area contributed by atoms with Gasteiger partial charge < -0.3 is 15.0 Å². The van der Waals surface area contributed by atoms with Crippen molar-refractivity contribution in [1.82, 2.24) is 9.62 Å². The fraction of sp³-hybridized carbons (Fsp3) is 0.300. The Morgan fingerprint density at radius 1 is 1.07 bits per heavy atom. The van der Waals surface area contributed by atoms with Crippen molar-refractivity contribution < 1.29 is 22.7 Å². The van der Waals surface area contributed by atoms with Crippen molar-refractivity contribution in [3.63, 3.8) is 0 Å². The summed E-state index contributed by atoms with van der Waals surface area (Å²) in [4.78, 5) is 24.2. The predicted molar refractivity (Wildman–Crippen MR) is 109 cm³/mol. The minimum Gasteiger partial charge on any atom is -0.448 e. The molecule has 29 heavy (non-hydrogen) atoms. The number of rotatable bonds is 8. The van der Waals surface area contributed by atoms with E-state index in [9.17, 15) is 18.0 Å². The van der Waals surface area contributed by atoms with Crippen molar-refractivity contribution in [2.75, 3.05) is 31.6 Å². The molecule has 0 unspecified atom stereocenters. The smallest absolute Gasteiger partial charge is 0.409 e. The Labute approximate surface area is 169 Å². The molecule has 8 nitrogen and oxygen atoms in total. The van der Waals surface area contributed by atoms with E-state index in [0.717, 1.165) is 11.1 Å². The van der Waals surface area contributed by atoms with Crippen LogP contribution in [0.1, 0.15) is 13.3 Å². The van der Waals surface area contributed by atoms with Crippen molar-refractivity contribution in [1.29, 1.82) is 0 Å². The summed E-state index contributed by atoms with van der Waals surface area (Å²) in [7, 11) is -3.62. The normalized spacial score (nSPS) is 14.0. The molecular weight excluding hydrogens is 394 g/mol. The quantitative estimate of drug-likeness (QED) is 0.642. The van der Waals surface area contributed by atoms with E-state index < -0.39 is 10.0 Å². The summed E-state index contributed by atoms with van der Waals surface area (Å²) in [6.45, 7) is 3.06. The summed E-state index contributed by atoms with van der Waals surface area (Å²) in [6.07, 6.45) is 0.154. The molecule has 0 spiro atoms. The number of nitrogens with zero attached hydrogens (tertiary/aromatic N) is 1. The molecule has 0 atom stereocenters. The fourth-order valence-corrected chi connectivity index (χ4v) is 4.04. The summed E-state index contributed by atoms with van der Waals surface area (Å²) >= 11 is 0. The third kappa shape index (κ3) is 5.55. The van der Waals surface area contributed by atoms with E-state index in [0.29, 0.717) is 31.8 Å². The van der Waals surface area contributed by atoms with Crippen molar-refractivity contribution in [3.8, 4) is 11.1 Å². The number of cyclic esters (lactones) is 1. The van der Waals surface area contributed by atoms with E-state index in [2.05, 4.69) is 10.0 Å². The maximum Gasteiger partial charge on any atom is 0.409 e. The van der Waals surface area contributed by atoms with Crippen LogP contribution in [0.2, 0.25) is 0 Å². The monoisotopic (exact) mass is 417 g/mol. The molecule has 0 radical (unpaired) electrons. The van der Waals surface area contributed by atoms with E-state index in [4.69, 9.17) is 4.74 Å². The van der Waals surface area contributed by atoms with Gasteiger partial charge in [-0.25, -0.2) is 17.9 Å². The van der Waals surface area contributed by atoms with E-state index in [1.54, 1.807) is 41.3 Å². The maximum absolute atomic E-state index is 12.4. The van der Waals surface area contributed by atoms with Crippen LogP contribution in [0.4, 0.5) is 10.5 Å². The van der Waals surface area contributed by atoms with Crippen LogP contribution < -0.4 is 10.0 Å². The van der Waals surface area contributed by atoms with Gasteiger partial charge >= 0.3 is 6.09 Å². The Morgan fingerprint density at radius 2 is 1.69 bits per heavy atom. The van der Waals surface area contributed by atoms with Gasteiger partial charge in [0.2, 0.25) is 15.9 Å². The van der Waals surface area contributed by atoms with Gasteiger partial charge in [-0.1, -0.05) is 24.3 Å². The Balaban J connectivity index is 1.56. The van der Waals surface area contributed by atoms with Crippen molar-refractivity contribution in [2.24, 2.45) is 0 Å². The number of hydrogen-bond donors (Lipinski definition) is 2. The van der Waals surface area contributed by atoms with Crippen molar-refractivity contribution in [3.05, 3.63) is 48.5 Å². The number of anilines is 1. The van der Waals surface area contributed by atoms with Gasteiger partial charge in [0.1, 0.15) is 6.61 Å². The molecule has 1 saturated heterocycles. The molecule has 3 rings (SSSR count). The lowest BCUT2D eigenvalue weighted by atomic mass is 10.1. The summed E-state index contributed by atoms with van der Waals surface area (Å²) in [5, 5.41) is 2.70. The second kappa shape index (κ2) is 9.06. The van der Waals surface area contributed by atoms with Crippen LogP contribution in [0, 0.1) is 0 Å². The average Bonchev–Trinajstić information content (AvgIpc) is 3.10. The standard InChI is InChI=1S/C20H23N3O5S/c1-15(24)22-18-7-3-16(4-8-18)17-5-9-19(10-6-17)29(26,27)21-11-2-12-23-13-14-28-20(23)25/h3-10,21H,2,11-14H2,1H3,(H,22,24). The summed E-state index contributed by atoms with van der Waals surface area (Å²) in [6, 6.07) is 13.9. The highest BCUT2D eigenvalue weighted by molar-refractivity contribution is 7.89. The van der Waals surface area contributed by atoms with Crippen LogP contribution >= 0.6 is 0 Å². The zero-order chi connectivity index (χ0) is 20.9. The highest BCUT2D eigenvalue weighted by Crippen LogP contribution is 2.23. The van der Waals surface area contributed by atoms with Crippen LogP contribution in [0.3, 0.4) is 0 Å². The molecule has 154 valence electrons. The van der Waals surface area contributed by atoms with Crippen LogP contribution in [-0.4, -0.2) is 51.6 Å². The molecule has 1 heterocycles. The number of benzene rings is 2. The molecule has 0 saturated carbocycles. The van der Waals surface area contributed by atoms with E-state index in [1.807, 2.05) is 12.1 Å².